The minimum Gasteiger partial charge on any atom is -0.266 e. The molecule has 0 saturated carbocycles. The molecule has 0 bridgehead atoms. The Balaban J connectivity index is 1.76. The van der Waals surface area contributed by atoms with Crippen LogP contribution in [0.25, 0.3) is 0 Å². The summed E-state index contributed by atoms with van der Waals surface area (Å²) in [5.41, 5.74) is 1.29. The minimum atomic E-state index is 0.105. The van der Waals surface area contributed by atoms with Crippen molar-refractivity contribution < 1.29 is 0 Å². The summed E-state index contributed by atoms with van der Waals surface area (Å²) in [4.78, 5) is 4.54. The molecule has 2 aliphatic heterocycles. The van der Waals surface area contributed by atoms with Gasteiger partial charge in [-0.25, -0.2) is 0 Å². The van der Waals surface area contributed by atoms with Gasteiger partial charge >= 0.3 is 0 Å². The van der Waals surface area contributed by atoms with Crippen molar-refractivity contribution in [2.24, 2.45) is 15.2 Å². The molecule has 1 unspecified atom stereocenters. The Morgan fingerprint density at radius 3 is 2.87 bits per heavy atom. The van der Waals surface area contributed by atoms with Gasteiger partial charge in [0.2, 0.25) is 0 Å². The molecule has 0 saturated heterocycles. The second-order valence-electron chi connectivity index (χ2n) is 3.43. The lowest BCUT2D eigenvalue weighted by Gasteiger charge is -1.98. The van der Waals surface area contributed by atoms with E-state index in [-0.39, 0.29) is 6.04 Å². The number of aliphatic imine (C=N–C) groups is 1. The summed E-state index contributed by atoms with van der Waals surface area (Å²) in [5, 5.41) is 10.0. The van der Waals surface area contributed by atoms with Gasteiger partial charge in [0.25, 0.3) is 0 Å². The molecule has 4 heteroatoms. The van der Waals surface area contributed by atoms with Gasteiger partial charge in [-0.15, -0.1) is 5.10 Å². The molecule has 0 spiro atoms. The molecule has 0 N–H and O–H groups in total. The Morgan fingerprint density at radius 1 is 1.20 bits per heavy atom. The van der Waals surface area contributed by atoms with E-state index in [9.17, 15) is 0 Å². The topological polar surface area (TPSA) is 37.1 Å². The Morgan fingerprint density at radius 2 is 2.07 bits per heavy atom. The molecule has 1 aromatic carbocycles. The molecule has 15 heavy (non-hydrogen) atoms. The van der Waals surface area contributed by atoms with Gasteiger partial charge in [-0.1, -0.05) is 42.1 Å². The zero-order valence-electron chi connectivity index (χ0n) is 8.00. The Bertz CT molecular complexity index is 462. The first-order valence-electron chi connectivity index (χ1n) is 4.81. The van der Waals surface area contributed by atoms with E-state index in [1.165, 1.54) is 5.56 Å². The number of rotatable bonds is 2. The van der Waals surface area contributed by atoms with Crippen LogP contribution in [0.1, 0.15) is 5.56 Å². The molecule has 0 aromatic heterocycles. The minimum absolute atomic E-state index is 0.105. The van der Waals surface area contributed by atoms with E-state index < -0.39 is 0 Å². The van der Waals surface area contributed by atoms with Crippen LogP contribution in [0, 0.1) is 0 Å². The molecule has 2 aliphatic rings. The standard InChI is InChI=1S/C11H9N3S/c1-2-4-8(5-3-1)6-10-13-9-7-12-14-11(9)15-10/h1-5,7,9H,6H2. The molecule has 2 heterocycles. The summed E-state index contributed by atoms with van der Waals surface area (Å²) >= 11 is 1.65. The first kappa shape index (κ1) is 8.85. The van der Waals surface area contributed by atoms with Crippen LogP contribution in [-0.4, -0.2) is 22.3 Å². The van der Waals surface area contributed by atoms with Crippen LogP contribution in [0.3, 0.4) is 0 Å². The summed E-state index contributed by atoms with van der Waals surface area (Å²) in [6.07, 6.45) is 2.69. The van der Waals surface area contributed by atoms with Crippen LogP contribution < -0.4 is 0 Å². The van der Waals surface area contributed by atoms with Crippen molar-refractivity contribution in [1.82, 2.24) is 0 Å². The molecule has 0 radical (unpaired) electrons. The number of hydrogen-bond donors (Lipinski definition) is 0. The average molecular weight is 215 g/mol. The maximum Gasteiger partial charge on any atom is 0.138 e. The van der Waals surface area contributed by atoms with Crippen LogP contribution in [0.5, 0.6) is 0 Å². The third-order valence-electron chi connectivity index (χ3n) is 2.32. The fourth-order valence-electron chi connectivity index (χ4n) is 1.60. The van der Waals surface area contributed by atoms with E-state index in [1.807, 2.05) is 6.07 Å². The highest BCUT2D eigenvalue weighted by Crippen LogP contribution is 2.25. The smallest absolute Gasteiger partial charge is 0.138 e. The summed E-state index contributed by atoms with van der Waals surface area (Å²) in [6, 6.07) is 10.5. The van der Waals surface area contributed by atoms with Gasteiger partial charge in [-0.05, 0) is 5.56 Å². The Kier molecular flexibility index (Phi) is 2.14. The highest BCUT2D eigenvalue weighted by Gasteiger charge is 2.27. The molecule has 3 rings (SSSR count). The highest BCUT2D eigenvalue weighted by atomic mass is 32.2. The van der Waals surface area contributed by atoms with E-state index in [1.54, 1.807) is 18.0 Å². The van der Waals surface area contributed by atoms with Crippen molar-refractivity contribution in [2.75, 3.05) is 0 Å². The van der Waals surface area contributed by atoms with E-state index in [4.69, 9.17) is 0 Å². The van der Waals surface area contributed by atoms with Gasteiger partial charge in [0.15, 0.2) is 0 Å². The molecular formula is C11H9N3S. The van der Waals surface area contributed by atoms with Crippen LogP contribution in [-0.2, 0) is 6.42 Å². The van der Waals surface area contributed by atoms with Gasteiger partial charge in [-0.3, -0.25) is 4.99 Å². The molecule has 0 aliphatic carbocycles. The zero-order valence-corrected chi connectivity index (χ0v) is 8.81. The molecular weight excluding hydrogens is 206 g/mol. The van der Waals surface area contributed by atoms with Gasteiger partial charge in [0.1, 0.15) is 11.1 Å². The van der Waals surface area contributed by atoms with Crippen LogP contribution in [0.15, 0.2) is 45.5 Å². The SMILES string of the molecule is C1=NN=C2SC(Cc3ccccc3)=NC12. The second-order valence-corrected chi connectivity index (χ2v) is 4.53. The van der Waals surface area contributed by atoms with E-state index in [0.717, 1.165) is 16.5 Å². The monoisotopic (exact) mass is 215 g/mol. The predicted octanol–water partition coefficient (Wildman–Crippen LogP) is 2.14. The summed E-state index contributed by atoms with van der Waals surface area (Å²) in [5.74, 6) is 0. The Hall–Kier alpha value is -1.42. The van der Waals surface area contributed by atoms with Crippen LogP contribution >= 0.6 is 11.8 Å². The largest absolute Gasteiger partial charge is 0.266 e. The van der Waals surface area contributed by atoms with Crippen LogP contribution in [0.2, 0.25) is 0 Å². The quantitative estimate of drug-likeness (QED) is 0.744. The lowest BCUT2D eigenvalue weighted by atomic mass is 10.2. The van der Waals surface area contributed by atoms with Crippen LogP contribution in [0.4, 0.5) is 0 Å². The van der Waals surface area contributed by atoms with Gasteiger partial charge in [-0.2, -0.15) is 5.10 Å². The Labute approximate surface area is 92.0 Å². The predicted molar refractivity (Wildman–Crippen MR) is 64.9 cm³/mol. The maximum absolute atomic E-state index is 4.54. The van der Waals surface area contributed by atoms with Crippen molar-refractivity contribution >= 4 is 28.1 Å². The van der Waals surface area contributed by atoms with E-state index in [2.05, 4.69) is 39.5 Å². The van der Waals surface area contributed by atoms with Crippen molar-refractivity contribution in [3.05, 3.63) is 35.9 Å². The molecule has 1 aromatic rings. The number of nitrogens with zero attached hydrogens (tertiary/aromatic N) is 3. The molecule has 0 fully saturated rings. The van der Waals surface area contributed by atoms with Gasteiger partial charge in [0.05, 0.1) is 11.3 Å². The van der Waals surface area contributed by atoms with Gasteiger partial charge < -0.3 is 0 Å². The fourth-order valence-corrected chi connectivity index (χ4v) is 2.57. The third-order valence-corrected chi connectivity index (χ3v) is 3.34. The summed E-state index contributed by atoms with van der Waals surface area (Å²) < 4.78 is 0. The van der Waals surface area contributed by atoms with Crippen molar-refractivity contribution in [3.63, 3.8) is 0 Å². The second kappa shape index (κ2) is 3.62. The molecule has 1 atom stereocenters. The number of thioether (sulfide) groups is 1. The zero-order chi connectivity index (χ0) is 10.1. The summed E-state index contributed by atoms with van der Waals surface area (Å²) in [6.45, 7) is 0. The van der Waals surface area contributed by atoms with Crippen molar-refractivity contribution in [3.8, 4) is 0 Å². The molecule has 3 nitrogen and oxygen atoms in total. The lowest BCUT2D eigenvalue weighted by Crippen LogP contribution is -2.06. The summed E-state index contributed by atoms with van der Waals surface area (Å²) in [7, 11) is 0. The number of benzene rings is 1. The normalized spacial score (nSPS) is 22.5. The average Bonchev–Trinajstić information content (AvgIpc) is 2.79. The van der Waals surface area contributed by atoms with Crippen molar-refractivity contribution in [1.29, 1.82) is 0 Å². The first-order valence-corrected chi connectivity index (χ1v) is 5.63. The van der Waals surface area contributed by atoms with E-state index >= 15 is 0 Å². The highest BCUT2D eigenvalue weighted by molar-refractivity contribution is 8.27. The molecule has 0 amide bonds. The number of hydrogen-bond acceptors (Lipinski definition) is 4. The molecule has 74 valence electrons. The van der Waals surface area contributed by atoms with Gasteiger partial charge in [0, 0.05) is 6.42 Å². The first-order chi connectivity index (χ1) is 7.42. The van der Waals surface area contributed by atoms with E-state index in [0.29, 0.717) is 0 Å². The van der Waals surface area contributed by atoms with Crippen molar-refractivity contribution in [2.45, 2.75) is 12.5 Å². The maximum atomic E-state index is 4.54. The lowest BCUT2D eigenvalue weighted by molar-refractivity contribution is 1.19. The fraction of sp³-hybridized carbons (Fsp3) is 0.182. The number of fused-ring (bicyclic) bond motifs is 1. The third kappa shape index (κ3) is 1.72.